The maximum absolute atomic E-state index is 12.0. The average molecular weight is 283 g/mol. The molecule has 2 amide bonds. The van der Waals surface area contributed by atoms with Gasteiger partial charge in [-0.3, -0.25) is 14.5 Å². The number of rotatable bonds is 5. The van der Waals surface area contributed by atoms with Gasteiger partial charge in [-0.05, 0) is 46.6 Å². The second kappa shape index (κ2) is 6.17. The smallest absolute Gasteiger partial charge is 0.293 e. The Morgan fingerprint density at radius 3 is 2.94 bits per heavy atom. The summed E-state index contributed by atoms with van der Waals surface area (Å²) in [5.74, 6) is -0.202. The van der Waals surface area contributed by atoms with Gasteiger partial charge in [0.25, 0.3) is 11.1 Å². The highest BCUT2D eigenvalue weighted by Crippen LogP contribution is 2.32. The molecule has 0 unspecified atom stereocenters. The lowest BCUT2D eigenvalue weighted by molar-refractivity contribution is -0.122. The first-order valence-corrected chi connectivity index (χ1v) is 7.25. The van der Waals surface area contributed by atoms with Gasteiger partial charge in [-0.25, -0.2) is 0 Å². The molecule has 0 atom stereocenters. The summed E-state index contributed by atoms with van der Waals surface area (Å²) in [5, 5.41) is 3.69. The first kappa shape index (κ1) is 13.3. The minimum Gasteiger partial charge on any atom is -0.385 e. The zero-order chi connectivity index (χ0) is 13.0. The monoisotopic (exact) mass is 283 g/mol. The van der Waals surface area contributed by atoms with Crippen LogP contribution < -0.4 is 0 Å². The maximum Gasteiger partial charge on any atom is 0.293 e. The number of thioether (sulfide) groups is 1. The topological polar surface area (TPSA) is 46.6 Å². The molecular weight excluding hydrogens is 270 g/mol. The third-order valence-electron chi connectivity index (χ3n) is 2.44. The van der Waals surface area contributed by atoms with Crippen LogP contribution in [0, 0.1) is 0 Å². The van der Waals surface area contributed by atoms with Gasteiger partial charge in [-0.1, -0.05) is 0 Å². The van der Waals surface area contributed by atoms with Crippen LogP contribution in [0.4, 0.5) is 4.79 Å². The third kappa shape index (κ3) is 3.01. The minimum absolute atomic E-state index is 0.197. The Hall–Kier alpha value is -1.11. The van der Waals surface area contributed by atoms with Gasteiger partial charge in [0.05, 0.1) is 4.91 Å². The summed E-state index contributed by atoms with van der Waals surface area (Å²) in [6.45, 7) is 0.963. The summed E-state index contributed by atoms with van der Waals surface area (Å²) < 4.78 is 4.91. The number of amides is 2. The Morgan fingerprint density at radius 2 is 2.28 bits per heavy atom. The predicted molar refractivity (Wildman–Crippen MR) is 73.5 cm³/mol. The van der Waals surface area contributed by atoms with Gasteiger partial charge in [-0.15, -0.1) is 0 Å². The SMILES string of the molecule is COCCCN1C(=O)SC(=Cc2ccsc2)C1=O. The summed E-state index contributed by atoms with van der Waals surface area (Å²) in [4.78, 5) is 25.5. The Labute approximate surface area is 114 Å². The van der Waals surface area contributed by atoms with E-state index in [0.29, 0.717) is 24.5 Å². The lowest BCUT2D eigenvalue weighted by Crippen LogP contribution is -2.29. The molecule has 2 rings (SSSR count). The summed E-state index contributed by atoms with van der Waals surface area (Å²) in [6.07, 6.45) is 2.43. The van der Waals surface area contributed by atoms with Crippen molar-refractivity contribution in [2.75, 3.05) is 20.3 Å². The molecule has 2 heterocycles. The van der Waals surface area contributed by atoms with Crippen LogP contribution in [-0.2, 0) is 9.53 Å². The molecule has 6 heteroatoms. The van der Waals surface area contributed by atoms with Crippen molar-refractivity contribution in [1.29, 1.82) is 0 Å². The fourth-order valence-corrected chi connectivity index (χ4v) is 3.05. The number of hydrogen-bond donors (Lipinski definition) is 0. The van der Waals surface area contributed by atoms with Crippen molar-refractivity contribution in [2.24, 2.45) is 0 Å². The highest BCUT2D eigenvalue weighted by Gasteiger charge is 2.34. The van der Waals surface area contributed by atoms with E-state index in [9.17, 15) is 9.59 Å². The number of ether oxygens (including phenoxy) is 1. The van der Waals surface area contributed by atoms with E-state index in [-0.39, 0.29) is 11.1 Å². The molecule has 96 valence electrons. The highest BCUT2D eigenvalue weighted by atomic mass is 32.2. The summed E-state index contributed by atoms with van der Waals surface area (Å²) in [6, 6.07) is 1.92. The summed E-state index contributed by atoms with van der Waals surface area (Å²) in [5.41, 5.74) is 0.961. The normalized spacial score (nSPS) is 18.1. The largest absolute Gasteiger partial charge is 0.385 e. The molecule has 0 saturated carbocycles. The Balaban J connectivity index is 2.04. The first-order chi connectivity index (χ1) is 8.72. The van der Waals surface area contributed by atoms with Crippen molar-refractivity contribution in [3.05, 3.63) is 27.3 Å². The molecule has 0 N–H and O–H groups in total. The molecule has 4 nitrogen and oxygen atoms in total. The molecule has 1 aromatic heterocycles. The standard InChI is InChI=1S/C12H13NO3S2/c1-16-5-2-4-13-11(14)10(18-12(13)15)7-9-3-6-17-8-9/h3,6-8H,2,4-5H2,1H3. The zero-order valence-corrected chi connectivity index (χ0v) is 11.6. The van der Waals surface area contributed by atoms with Crippen LogP contribution in [-0.4, -0.2) is 36.3 Å². The Kier molecular flexibility index (Phi) is 4.57. The number of hydrogen-bond acceptors (Lipinski definition) is 5. The maximum atomic E-state index is 12.0. The Morgan fingerprint density at radius 1 is 1.44 bits per heavy atom. The van der Waals surface area contributed by atoms with Crippen molar-refractivity contribution in [3.8, 4) is 0 Å². The van der Waals surface area contributed by atoms with E-state index >= 15 is 0 Å². The third-order valence-corrected chi connectivity index (χ3v) is 4.05. The van der Waals surface area contributed by atoms with E-state index in [4.69, 9.17) is 4.74 Å². The molecule has 1 fully saturated rings. The van der Waals surface area contributed by atoms with Crippen molar-refractivity contribution in [2.45, 2.75) is 6.42 Å². The second-order valence-corrected chi connectivity index (χ2v) is 5.51. The van der Waals surface area contributed by atoms with E-state index < -0.39 is 0 Å². The van der Waals surface area contributed by atoms with Crippen LogP contribution in [0.3, 0.4) is 0 Å². The van der Waals surface area contributed by atoms with Crippen LogP contribution in [0.25, 0.3) is 6.08 Å². The van der Waals surface area contributed by atoms with Crippen molar-refractivity contribution < 1.29 is 14.3 Å². The lowest BCUT2D eigenvalue weighted by atomic mass is 10.3. The van der Waals surface area contributed by atoms with Gasteiger partial charge in [0, 0.05) is 20.3 Å². The predicted octanol–water partition coefficient (Wildman–Crippen LogP) is 2.82. The lowest BCUT2D eigenvalue weighted by Gasteiger charge is -2.11. The number of carbonyl (C=O) groups is 2. The molecule has 0 aliphatic carbocycles. The molecule has 0 spiro atoms. The van der Waals surface area contributed by atoms with E-state index in [2.05, 4.69) is 0 Å². The van der Waals surface area contributed by atoms with Gasteiger partial charge in [-0.2, -0.15) is 11.3 Å². The fraction of sp³-hybridized carbons (Fsp3) is 0.333. The molecule has 1 saturated heterocycles. The van der Waals surface area contributed by atoms with E-state index in [1.165, 1.54) is 4.90 Å². The quantitative estimate of drug-likeness (QED) is 0.616. The van der Waals surface area contributed by atoms with E-state index in [0.717, 1.165) is 17.3 Å². The van der Waals surface area contributed by atoms with Crippen molar-refractivity contribution >= 4 is 40.3 Å². The van der Waals surface area contributed by atoms with Gasteiger partial charge < -0.3 is 4.74 Å². The van der Waals surface area contributed by atoms with E-state index in [1.54, 1.807) is 24.5 Å². The van der Waals surface area contributed by atoms with Crippen molar-refractivity contribution in [1.82, 2.24) is 4.90 Å². The number of carbonyl (C=O) groups excluding carboxylic acids is 2. The number of nitrogens with zero attached hydrogens (tertiary/aromatic N) is 1. The van der Waals surface area contributed by atoms with Crippen LogP contribution in [0.5, 0.6) is 0 Å². The van der Waals surface area contributed by atoms with Crippen LogP contribution >= 0.6 is 23.1 Å². The van der Waals surface area contributed by atoms with Crippen molar-refractivity contribution in [3.63, 3.8) is 0 Å². The average Bonchev–Trinajstić information content (AvgIpc) is 2.93. The molecule has 0 radical (unpaired) electrons. The molecule has 1 aromatic rings. The molecule has 0 bridgehead atoms. The summed E-state index contributed by atoms with van der Waals surface area (Å²) >= 11 is 2.56. The number of imide groups is 1. The van der Waals surface area contributed by atoms with Gasteiger partial charge in [0.15, 0.2) is 0 Å². The number of methoxy groups -OCH3 is 1. The van der Waals surface area contributed by atoms with Gasteiger partial charge in [0.1, 0.15) is 0 Å². The second-order valence-electron chi connectivity index (χ2n) is 3.74. The Bertz CT molecular complexity index is 468. The van der Waals surface area contributed by atoms with Gasteiger partial charge >= 0.3 is 0 Å². The minimum atomic E-state index is -0.202. The molecule has 0 aromatic carbocycles. The van der Waals surface area contributed by atoms with Gasteiger partial charge in [0.2, 0.25) is 0 Å². The first-order valence-electron chi connectivity index (χ1n) is 5.49. The molecule has 1 aliphatic rings. The van der Waals surface area contributed by atoms with E-state index in [1.807, 2.05) is 16.8 Å². The molecule has 18 heavy (non-hydrogen) atoms. The molecular formula is C12H13NO3S2. The fourth-order valence-electron chi connectivity index (χ4n) is 1.57. The highest BCUT2D eigenvalue weighted by molar-refractivity contribution is 8.18. The van der Waals surface area contributed by atoms with Crippen LogP contribution in [0.1, 0.15) is 12.0 Å². The number of thiophene rings is 1. The summed E-state index contributed by atoms with van der Waals surface area (Å²) in [7, 11) is 1.60. The van der Waals surface area contributed by atoms with Crippen LogP contribution in [0.15, 0.2) is 21.7 Å². The van der Waals surface area contributed by atoms with Crippen LogP contribution in [0.2, 0.25) is 0 Å². The molecule has 1 aliphatic heterocycles. The zero-order valence-electron chi connectivity index (χ0n) is 9.92.